The van der Waals surface area contributed by atoms with Crippen LogP contribution in [0.5, 0.6) is 0 Å². The van der Waals surface area contributed by atoms with Crippen molar-refractivity contribution in [2.24, 2.45) is 0 Å². The summed E-state index contributed by atoms with van der Waals surface area (Å²) in [5.41, 5.74) is 1.08. The minimum atomic E-state index is -0.157. The third kappa shape index (κ3) is 2.07. The molecule has 0 amide bonds. The fourth-order valence-corrected chi connectivity index (χ4v) is 1.25. The van der Waals surface area contributed by atoms with Gasteiger partial charge in [-0.3, -0.25) is 4.79 Å². The molecular formula is C10H10N4O. The van der Waals surface area contributed by atoms with Gasteiger partial charge in [0.05, 0.1) is 11.4 Å². The molecule has 0 aliphatic carbocycles. The maximum atomic E-state index is 11.3. The van der Waals surface area contributed by atoms with Crippen molar-refractivity contribution in [3.63, 3.8) is 0 Å². The van der Waals surface area contributed by atoms with Gasteiger partial charge in [-0.25, -0.2) is 15.0 Å². The zero-order valence-electron chi connectivity index (χ0n) is 8.27. The summed E-state index contributed by atoms with van der Waals surface area (Å²) >= 11 is 0. The van der Waals surface area contributed by atoms with Gasteiger partial charge in [0.1, 0.15) is 12.2 Å². The lowest BCUT2D eigenvalue weighted by atomic mass is 10.3. The van der Waals surface area contributed by atoms with Gasteiger partial charge >= 0.3 is 0 Å². The smallest absolute Gasteiger partial charge is 0.251 e. The molecule has 0 aromatic carbocycles. The molecule has 15 heavy (non-hydrogen) atoms. The summed E-state index contributed by atoms with van der Waals surface area (Å²) in [4.78, 5) is 26.1. The van der Waals surface area contributed by atoms with Crippen LogP contribution in [-0.2, 0) is 6.42 Å². The largest absolute Gasteiger partial charge is 0.311 e. The maximum absolute atomic E-state index is 11.3. The van der Waals surface area contributed by atoms with Crippen LogP contribution in [0.1, 0.15) is 12.7 Å². The van der Waals surface area contributed by atoms with E-state index in [1.807, 2.05) is 6.92 Å². The van der Waals surface area contributed by atoms with E-state index in [2.05, 4.69) is 19.9 Å². The maximum Gasteiger partial charge on any atom is 0.251 e. The highest BCUT2D eigenvalue weighted by atomic mass is 16.1. The Morgan fingerprint density at radius 2 is 2.27 bits per heavy atom. The van der Waals surface area contributed by atoms with E-state index in [9.17, 15) is 4.79 Å². The molecule has 5 heteroatoms. The third-order valence-electron chi connectivity index (χ3n) is 1.97. The van der Waals surface area contributed by atoms with Gasteiger partial charge in [-0.05, 0) is 6.07 Å². The van der Waals surface area contributed by atoms with E-state index in [1.165, 1.54) is 12.4 Å². The Balaban J connectivity index is 2.54. The number of aryl methyl sites for hydroxylation is 1. The molecule has 0 unspecified atom stereocenters. The van der Waals surface area contributed by atoms with E-state index >= 15 is 0 Å². The van der Waals surface area contributed by atoms with E-state index in [1.54, 1.807) is 12.3 Å². The monoisotopic (exact) mass is 202 g/mol. The number of hydrogen-bond acceptors (Lipinski definition) is 4. The topological polar surface area (TPSA) is 71.5 Å². The van der Waals surface area contributed by atoms with Crippen LogP contribution in [0.2, 0.25) is 0 Å². The summed E-state index contributed by atoms with van der Waals surface area (Å²) < 4.78 is 0. The first-order valence-electron chi connectivity index (χ1n) is 4.66. The van der Waals surface area contributed by atoms with Crippen molar-refractivity contribution < 1.29 is 0 Å². The molecule has 0 saturated carbocycles. The molecule has 0 radical (unpaired) electrons. The quantitative estimate of drug-likeness (QED) is 0.781. The Labute approximate surface area is 86.3 Å². The molecule has 5 nitrogen and oxygen atoms in total. The minimum absolute atomic E-state index is 0.157. The highest BCUT2D eigenvalue weighted by Gasteiger charge is 2.03. The minimum Gasteiger partial charge on any atom is -0.311 e. The van der Waals surface area contributed by atoms with Crippen molar-refractivity contribution >= 4 is 0 Å². The van der Waals surface area contributed by atoms with E-state index in [-0.39, 0.29) is 5.56 Å². The Hall–Kier alpha value is -2.04. The third-order valence-corrected chi connectivity index (χ3v) is 1.97. The fourth-order valence-electron chi connectivity index (χ4n) is 1.25. The molecule has 2 aromatic rings. The van der Waals surface area contributed by atoms with Gasteiger partial charge in [0.2, 0.25) is 0 Å². The zero-order chi connectivity index (χ0) is 10.7. The van der Waals surface area contributed by atoms with Gasteiger partial charge in [0, 0.05) is 18.7 Å². The molecule has 1 N–H and O–H groups in total. The predicted octanol–water partition coefficient (Wildman–Crippen LogP) is 0.789. The number of nitrogens with zero attached hydrogens (tertiary/aromatic N) is 3. The van der Waals surface area contributed by atoms with Crippen LogP contribution < -0.4 is 5.56 Å². The number of aromatic amines is 1. The van der Waals surface area contributed by atoms with Crippen molar-refractivity contribution in [3.05, 3.63) is 40.8 Å². The summed E-state index contributed by atoms with van der Waals surface area (Å²) in [6.07, 6.45) is 3.74. The van der Waals surface area contributed by atoms with Crippen LogP contribution in [0.3, 0.4) is 0 Å². The zero-order valence-corrected chi connectivity index (χ0v) is 8.27. The van der Waals surface area contributed by atoms with Gasteiger partial charge in [-0.2, -0.15) is 0 Å². The molecule has 0 fully saturated rings. The van der Waals surface area contributed by atoms with E-state index < -0.39 is 0 Å². The first-order chi connectivity index (χ1) is 7.29. The van der Waals surface area contributed by atoms with Crippen molar-refractivity contribution in [3.8, 4) is 11.4 Å². The first-order valence-corrected chi connectivity index (χ1v) is 4.66. The molecule has 0 aliphatic heterocycles. The second-order valence-corrected chi connectivity index (χ2v) is 3.03. The van der Waals surface area contributed by atoms with Crippen LogP contribution in [0.4, 0.5) is 0 Å². The second-order valence-electron chi connectivity index (χ2n) is 3.03. The van der Waals surface area contributed by atoms with Crippen LogP contribution in [0.25, 0.3) is 11.4 Å². The van der Waals surface area contributed by atoms with Crippen molar-refractivity contribution in [2.75, 3.05) is 0 Å². The summed E-state index contributed by atoms with van der Waals surface area (Å²) in [6, 6.07) is 3.16. The van der Waals surface area contributed by atoms with E-state index in [4.69, 9.17) is 0 Å². The molecule has 0 saturated heterocycles. The summed E-state index contributed by atoms with van der Waals surface area (Å²) in [6.45, 7) is 1.93. The molecule has 0 spiro atoms. The van der Waals surface area contributed by atoms with Gasteiger partial charge in [0.25, 0.3) is 5.56 Å². The lowest BCUT2D eigenvalue weighted by molar-refractivity contribution is 0.920. The number of H-pyrrole nitrogens is 1. The van der Waals surface area contributed by atoms with Crippen LogP contribution in [0, 0.1) is 0 Å². The molecule has 0 atom stereocenters. The average molecular weight is 202 g/mol. The summed E-state index contributed by atoms with van der Waals surface area (Å²) in [7, 11) is 0. The number of hydrogen-bond donors (Lipinski definition) is 1. The van der Waals surface area contributed by atoms with Crippen molar-refractivity contribution in [1.82, 2.24) is 19.9 Å². The molecule has 0 aliphatic rings. The van der Waals surface area contributed by atoms with Gasteiger partial charge < -0.3 is 4.98 Å². The highest BCUT2D eigenvalue weighted by molar-refractivity contribution is 5.52. The fraction of sp³-hybridized carbons (Fsp3) is 0.200. The SMILES string of the molecule is CCc1nc(-c2ccncn2)cc(=O)[nH]1. The van der Waals surface area contributed by atoms with E-state index in [0.717, 1.165) is 0 Å². The highest BCUT2D eigenvalue weighted by Crippen LogP contribution is 2.09. The normalized spacial score (nSPS) is 10.2. The van der Waals surface area contributed by atoms with Crippen molar-refractivity contribution in [2.45, 2.75) is 13.3 Å². The molecular weight excluding hydrogens is 192 g/mol. The molecule has 2 heterocycles. The summed E-state index contributed by atoms with van der Waals surface area (Å²) in [5, 5.41) is 0. The Kier molecular flexibility index (Phi) is 2.53. The van der Waals surface area contributed by atoms with Gasteiger partial charge in [-0.1, -0.05) is 6.92 Å². The van der Waals surface area contributed by atoms with Crippen molar-refractivity contribution in [1.29, 1.82) is 0 Å². The molecule has 2 aromatic heterocycles. The number of nitrogens with one attached hydrogen (secondary N) is 1. The van der Waals surface area contributed by atoms with E-state index in [0.29, 0.717) is 23.6 Å². The van der Waals surface area contributed by atoms with Gasteiger partial charge in [0.15, 0.2) is 0 Å². The molecule has 2 rings (SSSR count). The first kappa shape index (κ1) is 9.51. The Morgan fingerprint density at radius 1 is 1.40 bits per heavy atom. The summed E-state index contributed by atoms with van der Waals surface area (Å²) in [5.74, 6) is 0.663. The van der Waals surface area contributed by atoms with Gasteiger partial charge in [-0.15, -0.1) is 0 Å². The Bertz CT molecular complexity index is 506. The molecule has 0 bridgehead atoms. The lowest BCUT2D eigenvalue weighted by Crippen LogP contribution is -2.10. The second kappa shape index (κ2) is 4.00. The average Bonchev–Trinajstić information content (AvgIpc) is 2.29. The molecule has 76 valence electrons. The van der Waals surface area contributed by atoms with Crippen LogP contribution in [-0.4, -0.2) is 19.9 Å². The van der Waals surface area contributed by atoms with Crippen LogP contribution >= 0.6 is 0 Å². The number of aromatic nitrogens is 4. The van der Waals surface area contributed by atoms with Crippen LogP contribution in [0.15, 0.2) is 29.5 Å². The lowest BCUT2D eigenvalue weighted by Gasteiger charge is -2.00. The Morgan fingerprint density at radius 3 is 2.93 bits per heavy atom. The number of rotatable bonds is 2. The predicted molar refractivity (Wildman–Crippen MR) is 55.3 cm³/mol. The standard InChI is InChI=1S/C10H10N4O/c1-2-9-13-8(5-10(15)14-9)7-3-4-11-6-12-7/h3-6H,2H2,1H3,(H,13,14,15).